The number of anilines is 1. The van der Waals surface area contributed by atoms with Gasteiger partial charge in [0.15, 0.2) is 0 Å². The van der Waals surface area contributed by atoms with E-state index in [2.05, 4.69) is 15.8 Å². The minimum atomic E-state index is -0.827. The first-order valence-electron chi connectivity index (χ1n) is 7.68. The maximum Gasteiger partial charge on any atom is 0.266 e. The molecule has 0 saturated carbocycles. The average molecular weight is 373 g/mol. The molecule has 0 radical (unpaired) electrons. The zero-order valence-corrected chi connectivity index (χ0v) is 14.6. The fourth-order valence-electron chi connectivity index (χ4n) is 2.08. The summed E-state index contributed by atoms with van der Waals surface area (Å²) in [5.41, 5.74) is 2.60. The fourth-order valence-corrected chi connectivity index (χ4v) is 2.08. The smallest absolute Gasteiger partial charge is 0.266 e. The molecule has 0 unspecified atom stereocenters. The van der Waals surface area contributed by atoms with Gasteiger partial charge in [0.2, 0.25) is 0 Å². The number of rotatable bonds is 8. The van der Waals surface area contributed by atoms with Gasteiger partial charge in [-0.2, -0.15) is 5.10 Å². The SMILES string of the molecule is COc1ccc(NCC(=O)N/N=C\c2cc(OC)c([O-])c([N+](=O)[O-])c2)cc1. The van der Waals surface area contributed by atoms with Crippen LogP contribution in [0.2, 0.25) is 0 Å². The van der Waals surface area contributed by atoms with E-state index >= 15 is 0 Å². The van der Waals surface area contributed by atoms with E-state index in [4.69, 9.17) is 9.47 Å². The second kappa shape index (κ2) is 9.04. The van der Waals surface area contributed by atoms with Gasteiger partial charge < -0.3 is 19.9 Å². The molecule has 2 aromatic carbocycles. The molecule has 27 heavy (non-hydrogen) atoms. The Morgan fingerprint density at radius 3 is 2.52 bits per heavy atom. The number of carbonyl (C=O) groups excluding carboxylic acids is 1. The van der Waals surface area contributed by atoms with Gasteiger partial charge in [-0.25, -0.2) is 5.43 Å². The van der Waals surface area contributed by atoms with Crippen LogP contribution in [0, 0.1) is 10.1 Å². The van der Waals surface area contributed by atoms with E-state index in [1.807, 2.05) is 0 Å². The van der Waals surface area contributed by atoms with Gasteiger partial charge in [0.25, 0.3) is 11.6 Å². The van der Waals surface area contributed by atoms with Gasteiger partial charge in [-0.3, -0.25) is 14.9 Å². The summed E-state index contributed by atoms with van der Waals surface area (Å²) in [6.45, 7) is -0.0351. The first kappa shape index (κ1) is 19.5. The Morgan fingerprint density at radius 1 is 1.22 bits per heavy atom. The third-order valence-corrected chi connectivity index (χ3v) is 3.42. The van der Waals surface area contributed by atoms with Crippen molar-refractivity contribution in [3.63, 3.8) is 0 Å². The van der Waals surface area contributed by atoms with E-state index in [-0.39, 0.29) is 17.9 Å². The molecule has 10 heteroatoms. The van der Waals surface area contributed by atoms with Crippen LogP contribution in [0.1, 0.15) is 5.56 Å². The standard InChI is InChI=1S/C17H18N4O6/c1-26-13-5-3-12(4-6-13)18-10-16(22)20-19-9-11-7-14(21(24)25)17(23)15(8-11)27-2/h3-9,18,23H,10H2,1-2H3,(H,20,22)/p-1/b19-9-. The lowest BCUT2D eigenvalue weighted by atomic mass is 10.2. The van der Waals surface area contributed by atoms with Crippen molar-refractivity contribution in [2.45, 2.75) is 0 Å². The van der Waals surface area contributed by atoms with Crippen molar-refractivity contribution in [2.75, 3.05) is 26.1 Å². The number of nitro benzene ring substituents is 1. The average Bonchev–Trinajstić information content (AvgIpc) is 2.67. The van der Waals surface area contributed by atoms with Crippen LogP contribution in [0.4, 0.5) is 11.4 Å². The number of amides is 1. The normalized spacial score (nSPS) is 10.4. The van der Waals surface area contributed by atoms with Crippen LogP contribution in [0.25, 0.3) is 0 Å². The van der Waals surface area contributed by atoms with Crippen LogP contribution in [0.3, 0.4) is 0 Å². The molecule has 2 aromatic rings. The molecule has 0 bridgehead atoms. The molecule has 0 heterocycles. The van der Waals surface area contributed by atoms with Crippen molar-refractivity contribution in [3.8, 4) is 17.2 Å². The molecular weight excluding hydrogens is 356 g/mol. The number of carbonyl (C=O) groups is 1. The van der Waals surface area contributed by atoms with Crippen LogP contribution in [-0.2, 0) is 4.79 Å². The quantitative estimate of drug-likeness (QED) is 0.403. The zero-order chi connectivity index (χ0) is 19.8. The van der Waals surface area contributed by atoms with E-state index in [0.717, 1.165) is 11.8 Å². The zero-order valence-electron chi connectivity index (χ0n) is 14.6. The van der Waals surface area contributed by atoms with Gasteiger partial charge in [0, 0.05) is 23.1 Å². The molecule has 0 saturated heterocycles. The lowest BCUT2D eigenvalue weighted by Crippen LogP contribution is -2.25. The van der Waals surface area contributed by atoms with E-state index in [0.29, 0.717) is 5.75 Å². The Labute approximate surface area is 154 Å². The lowest BCUT2D eigenvalue weighted by molar-refractivity contribution is -0.398. The van der Waals surface area contributed by atoms with Crippen LogP contribution in [0.5, 0.6) is 17.2 Å². The molecule has 142 valence electrons. The van der Waals surface area contributed by atoms with E-state index < -0.39 is 22.3 Å². The van der Waals surface area contributed by atoms with Gasteiger partial charge in [-0.1, -0.05) is 0 Å². The van der Waals surface area contributed by atoms with E-state index in [1.165, 1.54) is 19.4 Å². The topological polar surface area (TPSA) is 138 Å². The predicted octanol–water partition coefficient (Wildman–Crippen LogP) is 1.25. The van der Waals surface area contributed by atoms with Crippen LogP contribution >= 0.6 is 0 Å². The van der Waals surface area contributed by atoms with Crippen molar-refractivity contribution in [3.05, 3.63) is 52.1 Å². The summed E-state index contributed by atoms with van der Waals surface area (Å²) in [4.78, 5) is 21.9. The summed E-state index contributed by atoms with van der Waals surface area (Å²) >= 11 is 0. The number of nitrogens with one attached hydrogen (secondary N) is 2. The monoisotopic (exact) mass is 373 g/mol. The summed E-state index contributed by atoms with van der Waals surface area (Å²) in [6, 6.07) is 9.35. The summed E-state index contributed by atoms with van der Waals surface area (Å²) in [6.07, 6.45) is 1.18. The number of methoxy groups -OCH3 is 2. The van der Waals surface area contributed by atoms with E-state index in [1.54, 1.807) is 31.4 Å². The minimum absolute atomic E-state index is 0.0351. The highest BCUT2D eigenvalue weighted by molar-refractivity contribution is 5.86. The largest absolute Gasteiger partial charge is 0.865 e. The van der Waals surface area contributed by atoms with Crippen molar-refractivity contribution in [1.82, 2.24) is 5.43 Å². The Bertz CT molecular complexity index is 851. The van der Waals surface area contributed by atoms with Gasteiger partial charge in [0.1, 0.15) is 11.5 Å². The maximum absolute atomic E-state index is 11.8. The van der Waals surface area contributed by atoms with Gasteiger partial charge in [0.05, 0.1) is 31.9 Å². The third kappa shape index (κ3) is 5.33. The van der Waals surface area contributed by atoms with Crippen LogP contribution < -0.4 is 25.3 Å². The third-order valence-electron chi connectivity index (χ3n) is 3.42. The molecule has 0 aliphatic carbocycles. The molecule has 0 aromatic heterocycles. The summed E-state index contributed by atoms with van der Waals surface area (Å²) in [5, 5.41) is 29.3. The maximum atomic E-state index is 11.8. The second-order valence-corrected chi connectivity index (χ2v) is 5.20. The molecule has 0 fully saturated rings. The lowest BCUT2D eigenvalue weighted by Gasteiger charge is -2.12. The number of nitrogens with zero attached hydrogens (tertiary/aromatic N) is 2. The molecule has 10 nitrogen and oxygen atoms in total. The Hall–Kier alpha value is -3.82. The minimum Gasteiger partial charge on any atom is -0.865 e. The Balaban J connectivity index is 1.94. The molecule has 1 amide bonds. The Kier molecular flexibility index (Phi) is 6.53. The molecule has 2 N–H and O–H groups in total. The van der Waals surface area contributed by atoms with Crippen molar-refractivity contribution < 1.29 is 24.3 Å². The summed E-state index contributed by atoms with van der Waals surface area (Å²) in [5.74, 6) is -0.738. The number of ether oxygens (including phenoxy) is 2. The number of hydrogen-bond donors (Lipinski definition) is 2. The number of hydrogen-bond acceptors (Lipinski definition) is 8. The van der Waals surface area contributed by atoms with Gasteiger partial charge >= 0.3 is 0 Å². The highest BCUT2D eigenvalue weighted by Gasteiger charge is 2.12. The van der Waals surface area contributed by atoms with Crippen molar-refractivity contribution in [1.29, 1.82) is 0 Å². The number of hydrazone groups is 1. The van der Waals surface area contributed by atoms with Gasteiger partial charge in [-0.15, -0.1) is 0 Å². The fraction of sp³-hybridized carbons (Fsp3) is 0.176. The number of nitro groups is 1. The van der Waals surface area contributed by atoms with Crippen molar-refractivity contribution >= 4 is 23.5 Å². The van der Waals surface area contributed by atoms with E-state index in [9.17, 15) is 20.0 Å². The first-order valence-corrected chi connectivity index (χ1v) is 7.68. The molecule has 0 spiro atoms. The van der Waals surface area contributed by atoms with Gasteiger partial charge in [-0.05, 0) is 30.3 Å². The molecule has 2 rings (SSSR count). The predicted molar refractivity (Wildman–Crippen MR) is 96.3 cm³/mol. The Morgan fingerprint density at radius 2 is 1.93 bits per heavy atom. The highest BCUT2D eigenvalue weighted by atomic mass is 16.6. The molecular formula is C17H17N4O6-. The molecule has 0 atom stereocenters. The molecule has 0 aliphatic rings. The molecule has 0 aliphatic heterocycles. The van der Waals surface area contributed by atoms with Crippen molar-refractivity contribution in [2.24, 2.45) is 5.10 Å². The van der Waals surface area contributed by atoms with Crippen LogP contribution in [-0.4, -0.2) is 37.8 Å². The summed E-state index contributed by atoms with van der Waals surface area (Å²) in [7, 11) is 2.79. The number of benzene rings is 2. The second-order valence-electron chi connectivity index (χ2n) is 5.20. The summed E-state index contributed by atoms with van der Waals surface area (Å²) < 4.78 is 9.86. The first-order chi connectivity index (χ1) is 12.9. The highest BCUT2D eigenvalue weighted by Crippen LogP contribution is 2.33. The van der Waals surface area contributed by atoms with Crippen LogP contribution in [0.15, 0.2) is 41.5 Å².